The van der Waals surface area contributed by atoms with Gasteiger partial charge >= 0.3 is 0 Å². The van der Waals surface area contributed by atoms with Crippen molar-refractivity contribution in [3.05, 3.63) is 113 Å². The van der Waals surface area contributed by atoms with E-state index in [1.807, 2.05) is 42.8 Å². The fourth-order valence-electron chi connectivity index (χ4n) is 4.83. The molecule has 220 valence electrons. The molecule has 0 saturated carbocycles. The first-order valence-electron chi connectivity index (χ1n) is 14.0. The predicted octanol–water partition coefficient (Wildman–Crippen LogP) is 4.73. The van der Waals surface area contributed by atoms with Crippen LogP contribution in [0.4, 0.5) is 10.1 Å². The molecule has 1 unspecified atom stereocenters. The average molecular weight is 581 g/mol. The topological polar surface area (TPSA) is 110 Å². The average Bonchev–Trinajstić information content (AvgIpc) is 3.41. The van der Waals surface area contributed by atoms with Crippen molar-refractivity contribution in [1.82, 2.24) is 24.8 Å². The van der Waals surface area contributed by atoms with Gasteiger partial charge in [0, 0.05) is 29.4 Å². The zero-order valence-electron chi connectivity index (χ0n) is 24.4. The largest absolute Gasteiger partial charge is 0.350 e. The summed E-state index contributed by atoms with van der Waals surface area (Å²) in [5.74, 6) is -0.872. The SMILES string of the molecule is CNC(C)C(=O)Nc1ccc(-c2cccc(C(=O)NC(C)C)c2)n(Cc2cncc(-n3ccc4cc(F)ccc43)c2)c1=O. The lowest BCUT2D eigenvalue weighted by atomic mass is 10.1. The van der Waals surface area contributed by atoms with Crippen LogP contribution in [-0.4, -0.2) is 45.1 Å². The van der Waals surface area contributed by atoms with Gasteiger partial charge in [0.15, 0.2) is 0 Å². The molecule has 3 aromatic heterocycles. The summed E-state index contributed by atoms with van der Waals surface area (Å²) in [5, 5.41) is 9.25. The smallest absolute Gasteiger partial charge is 0.275 e. The number of benzene rings is 2. The fourth-order valence-corrected chi connectivity index (χ4v) is 4.83. The lowest BCUT2D eigenvalue weighted by Gasteiger charge is -2.18. The van der Waals surface area contributed by atoms with Gasteiger partial charge in [0.2, 0.25) is 5.91 Å². The molecule has 5 aromatic rings. The van der Waals surface area contributed by atoms with Crippen molar-refractivity contribution in [3.63, 3.8) is 0 Å². The van der Waals surface area contributed by atoms with E-state index in [-0.39, 0.29) is 35.9 Å². The van der Waals surface area contributed by atoms with Crippen molar-refractivity contribution >= 4 is 28.4 Å². The van der Waals surface area contributed by atoms with Gasteiger partial charge in [0.1, 0.15) is 11.5 Å². The molecule has 0 radical (unpaired) electrons. The van der Waals surface area contributed by atoms with Gasteiger partial charge in [-0.15, -0.1) is 0 Å². The molecular weight excluding hydrogens is 547 g/mol. The highest BCUT2D eigenvalue weighted by atomic mass is 19.1. The molecule has 0 saturated heterocycles. The van der Waals surface area contributed by atoms with Crippen molar-refractivity contribution in [3.8, 4) is 16.9 Å². The molecule has 5 rings (SSSR count). The summed E-state index contributed by atoms with van der Waals surface area (Å²) in [4.78, 5) is 43.7. The summed E-state index contributed by atoms with van der Waals surface area (Å²) >= 11 is 0. The Morgan fingerprint density at radius 3 is 2.56 bits per heavy atom. The maximum absolute atomic E-state index is 13.9. The Hall–Kier alpha value is -5.09. The molecule has 10 heteroatoms. The second-order valence-corrected chi connectivity index (χ2v) is 10.7. The summed E-state index contributed by atoms with van der Waals surface area (Å²) in [6, 6.07) is 18.2. The number of halogens is 1. The quantitative estimate of drug-likeness (QED) is 0.234. The predicted molar refractivity (Wildman–Crippen MR) is 166 cm³/mol. The first kappa shape index (κ1) is 29.4. The number of aromatic nitrogens is 3. The van der Waals surface area contributed by atoms with Gasteiger partial charge < -0.3 is 25.1 Å². The van der Waals surface area contributed by atoms with Crippen molar-refractivity contribution in [2.24, 2.45) is 0 Å². The molecule has 43 heavy (non-hydrogen) atoms. The Labute approximate surface area is 248 Å². The minimum atomic E-state index is -0.505. The number of fused-ring (bicyclic) bond motifs is 1. The number of nitrogens with one attached hydrogen (secondary N) is 3. The molecule has 2 amide bonds. The number of anilines is 1. The van der Waals surface area contributed by atoms with E-state index in [1.165, 1.54) is 12.1 Å². The number of pyridine rings is 2. The summed E-state index contributed by atoms with van der Waals surface area (Å²) in [6.07, 6.45) is 5.21. The van der Waals surface area contributed by atoms with E-state index in [9.17, 15) is 18.8 Å². The standard InChI is InChI=1S/C33H33FN6O3/c1-20(2)37-32(42)25-7-5-6-23(15-25)30-11-9-28(38-31(41)21(3)35-4)33(43)40(30)19-22-14-27(18-36-17-22)39-13-12-24-16-26(34)8-10-29(24)39/h5-18,20-21,35H,19H2,1-4H3,(H,37,42)(H,38,41). The molecule has 1 atom stereocenters. The number of carbonyl (C=O) groups is 2. The first-order chi connectivity index (χ1) is 20.6. The van der Waals surface area contributed by atoms with Crippen LogP contribution in [-0.2, 0) is 11.3 Å². The summed E-state index contributed by atoms with van der Waals surface area (Å²) in [7, 11) is 1.67. The number of likely N-dealkylation sites (N-methyl/N-ethyl adjacent to an activating group) is 1. The maximum Gasteiger partial charge on any atom is 0.275 e. The first-order valence-corrected chi connectivity index (χ1v) is 14.0. The molecule has 2 aromatic carbocycles. The molecule has 0 aliphatic rings. The van der Waals surface area contributed by atoms with Gasteiger partial charge in [-0.2, -0.15) is 0 Å². The van der Waals surface area contributed by atoms with Gasteiger partial charge in [-0.05, 0) is 93.5 Å². The van der Waals surface area contributed by atoms with E-state index < -0.39 is 11.6 Å². The number of amides is 2. The number of hydrogen-bond acceptors (Lipinski definition) is 5. The third kappa shape index (κ3) is 6.39. The van der Waals surface area contributed by atoms with E-state index in [1.54, 1.807) is 67.3 Å². The van der Waals surface area contributed by atoms with E-state index in [0.717, 1.165) is 22.2 Å². The lowest BCUT2D eigenvalue weighted by molar-refractivity contribution is -0.117. The van der Waals surface area contributed by atoms with E-state index in [4.69, 9.17) is 0 Å². The summed E-state index contributed by atoms with van der Waals surface area (Å²) in [5.41, 5.74) is 3.71. The summed E-state index contributed by atoms with van der Waals surface area (Å²) in [6.45, 7) is 5.61. The zero-order chi connectivity index (χ0) is 30.7. The van der Waals surface area contributed by atoms with Gasteiger partial charge in [-0.1, -0.05) is 12.1 Å². The number of rotatable bonds is 9. The Morgan fingerprint density at radius 2 is 1.79 bits per heavy atom. The van der Waals surface area contributed by atoms with Crippen molar-refractivity contribution in [2.75, 3.05) is 12.4 Å². The van der Waals surface area contributed by atoms with Crippen molar-refractivity contribution in [2.45, 2.75) is 39.4 Å². The Kier molecular flexibility index (Phi) is 8.49. The molecule has 0 bridgehead atoms. The highest BCUT2D eigenvalue weighted by Crippen LogP contribution is 2.24. The Bertz CT molecular complexity index is 1880. The Morgan fingerprint density at radius 1 is 0.977 bits per heavy atom. The van der Waals surface area contributed by atoms with Crippen LogP contribution in [0.25, 0.3) is 27.8 Å². The molecule has 0 aliphatic carbocycles. The fraction of sp³-hybridized carbons (Fsp3) is 0.212. The van der Waals surface area contributed by atoms with Crippen LogP contribution in [0.5, 0.6) is 0 Å². The molecule has 9 nitrogen and oxygen atoms in total. The maximum atomic E-state index is 13.9. The molecular formula is C33H33FN6O3. The molecule has 0 spiro atoms. The minimum Gasteiger partial charge on any atom is -0.350 e. The van der Waals surface area contributed by atoms with Crippen LogP contribution >= 0.6 is 0 Å². The van der Waals surface area contributed by atoms with Crippen molar-refractivity contribution < 1.29 is 14.0 Å². The van der Waals surface area contributed by atoms with Crippen LogP contribution < -0.4 is 21.5 Å². The van der Waals surface area contributed by atoms with Crippen LogP contribution in [0.2, 0.25) is 0 Å². The highest BCUT2D eigenvalue weighted by molar-refractivity contribution is 5.96. The minimum absolute atomic E-state index is 0.0338. The van der Waals surface area contributed by atoms with E-state index >= 15 is 0 Å². The van der Waals surface area contributed by atoms with Crippen LogP contribution in [0.15, 0.2) is 90.1 Å². The zero-order valence-corrected chi connectivity index (χ0v) is 24.4. The van der Waals surface area contributed by atoms with Crippen molar-refractivity contribution in [1.29, 1.82) is 0 Å². The van der Waals surface area contributed by atoms with Gasteiger partial charge in [-0.3, -0.25) is 19.4 Å². The molecule has 3 N–H and O–H groups in total. The third-order valence-corrected chi connectivity index (χ3v) is 7.15. The molecule has 3 heterocycles. The van der Waals surface area contributed by atoms with Gasteiger partial charge in [0.05, 0.1) is 35.7 Å². The molecule has 0 fully saturated rings. The van der Waals surface area contributed by atoms with Crippen LogP contribution in [0.3, 0.4) is 0 Å². The highest BCUT2D eigenvalue weighted by Gasteiger charge is 2.18. The van der Waals surface area contributed by atoms with Gasteiger partial charge in [0.25, 0.3) is 11.5 Å². The third-order valence-electron chi connectivity index (χ3n) is 7.15. The second kappa shape index (κ2) is 12.4. The molecule has 0 aliphatic heterocycles. The van der Waals surface area contributed by atoms with Gasteiger partial charge in [-0.25, -0.2) is 4.39 Å². The van der Waals surface area contributed by atoms with E-state index in [2.05, 4.69) is 20.9 Å². The summed E-state index contributed by atoms with van der Waals surface area (Å²) < 4.78 is 17.2. The second-order valence-electron chi connectivity index (χ2n) is 10.7. The lowest BCUT2D eigenvalue weighted by Crippen LogP contribution is -2.37. The normalized spacial score (nSPS) is 12.0. The number of hydrogen-bond donors (Lipinski definition) is 3. The monoisotopic (exact) mass is 580 g/mol. The van der Waals surface area contributed by atoms with E-state index in [0.29, 0.717) is 16.8 Å². The number of nitrogens with zero attached hydrogens (tertiary/aromatic N) is 3. The Balaban J connectivity index is 1.58. The number of carbonyl (C=O) groups excluding carboxylic acids is 2. The van der Waals surface area contributed by atoms with Crippen LogP contribution in [0.1, 0.15) is 36.7 Å². The van der Waals surface area contributed by atoms with Crippen LogP contribution in [0, 0.1) is 5.82 Å².